The van der Waals surface area contributed by atoms with Gasteiger partial charge in [-0.3, -0.25) is 9.59 Å². The van der Waals surface area contributed by atoms with Gasteiger partial charge in [-0.05, 0) is 54.0 Å². The van der Waals surface area contributed by atoms with E-state index in [0.29, 0.717) is 23.5 Å². The number of benzene rings is 1. The van der Waals surface area contributed by atoms with Crippen molar-refractivity contribution in [1.29, 1.82) is 0 Å². The average molecular weight is 504 g/mol. The maximum Gasteiger partial charge on any atom is 0.416 e. The monoisotopic (exact) mass is 503 g/mol. The van der Waals surface area contributed by atoms with E-state index in [0.717, 1.165) is 37.5 Å². The van der Waals surface area contributed by atoms with Crippen molar-refractivity contribution >= 4 is 17.2 Å². The molecule has 2 aromatic heterocycles. The zero-order chi connectivity index (χ0) is 25.0. The van der Waals surface area contributed by atoms with Crippen LogP contribution in [-0.4, -0.2) is 32.4 Å². The van der Waals surface area contributed by atoms with E-state index in [2.05, 4.69) is 23.4 Å². The molecule has 0 saturated heterocycles. The molecule has 2 N–H and O–H groups in total. The first-order valence-electron chi connectivity index (χ1n) is 11.5. The smallest absolute Gasteiger partial charge is 0.378 e. The van der Waals surface area contributed by atoms with Gasteiger partial charge in [-0.1, -0.05) is 19.1 Å². The third-order valence-electron chi connectivity index (χ3n) is 6.88. The SMILES string of the molecule is CCc1csc(C2(c3nc4c(c(=O)[nH]3)CN(C(=O)[C@H](O)c3cccc(C(F)(F)F)c3)CC4)CC2)c1. The van der Waals surface area contributed by atoms with Crippen LogP contribution in [0, 0.1) is 0 Å². The standard InChI is InChI=1S/C25H24F3N3O3S/c1-2-14-10-19(35-13-14)24(7-8-24)23-29-18-6-9-31(12-17(18)21(33)30-23)22(34)20(32)15-4-3-5-16(11-15)25(26,27)28/h3-5,10-11,13,20,32H,2,6-9,12H2,1H3,(H,29,30,33)/t20-/m1/s1. The number of alkyl halides is 3. The van der Waals surface area contributed by atoms with Gasteiger partial charge in [0.15, 0.2) is 6.10 Å². The van der Waals surface area contributed by atoms with Gasteiger partial charge in [-0.15, -0.1) is 11.3 Å². The molecule has 10 heteroatoms. The number of fused-ring (bicyclic) bond motifs is 1. The summed E-state index contributed by atoms with van der Waals surface area (Å²) in [4.78, 5) is 36.1. The van der Waals surface area contributed by atoms with Crippen LogP contribution in [0.4, 0.5) is 13.2 Å². The van der Waals surface area contributed by atoms with E-state index in [-0.39, 0.29) is 29.6 Å². The van der Waals surface area contributed by atoms with Gasteiger partial charge in [0.1, 0.15) is 5.82 Å². The number of amides is 1. The molecule has 2 aliphatic rings. The van der Waals surface area contributed by atoms with Crippen LogP contribution in [0.3, 0.4) is 0 Å². The van der Waals surface area contributed by atoms with Crippen molar-refractivity contribution in [3.05, 3.63) is 84.7 Å². The lowest BCUT2D eigenvalue weighted by atomic mass is 10.00. The zero-order valence-corrected chi connectivity index (χ0v) is 19.8. The highest BCUT2D eigenvalue weighted by Crippen LogP contribution is 2.54. The lowest BCUT2D eigenvalue weighted by Gasteiger charge is -2.30. The largest absolute Gasteiger partial charge is 0.416 e. The Balaban J connectivity index is 1.37. The average Bonchev–Trinajstić information content (AvgIpc) is 3.52. The van der Waals surface area contributed by atoms with E-state index >= 15 is 0 Å². The number of halogens is 3. The number of carbonyl (C=O) groups is 1. The number of aromatic nitrogens is 2. The number of carbonyl (C=O) groups excluding carboxylic acids is 1. The molecule has 1 aliphatic carbocycles. The first kappa shape index (κ1) is 23.7. The first-order chi connectivity index (χ1) is 16.6. The molecular formula is C25H24F3N3O3S. The maximum atomic E-state index is 13.0. The highest BCUT2D eigenvalue weighted by atomic mass is 32.1. The van der Waals surface area contributed by atoms with Crippen molar-refractivity contribution in [1.82, 2.24) is 14.9 Å². The fourth-order valence-corrected chi connectivity index (χ4v) is 5.84. The highest BCUT2D eigenvalue weighted by Gasteiger charge is 2.50. The van der Waals surface area contributed by atoms with Crippen LogP contribution >= 0.6 is 11.3 Å². The lowest BCUT2D eigenvalue weighted by Crippen LogP contribution is -2.42. The first-order valence-corrected chi connectivity index (χ1v) is 12.3. The van der Waals surface area contributed by atoms with E-state index in [1.165, 1.54) is 21.4 Å². The van der Waals surface area contributed by atoms with E-state index in [1.807, 2.05) is 0 Å². The fraction of sp³-hybridized carbons (Fsp3) is 0.400. The number of aromatic amines is 1. The summed E-state index contributed by atoms with van der Waals surface area (Å²) < 4.78 is 39.1. The normalized spacial score (nSPS) is 17.7. The number of hydrogen-bond acceptors (Lipinski definition) is 5. The minimum Gasteiger partial charge on any atom is -0.378 e. The lowest BCUT2D eigenvalue weighted by molar-refractivity contribution is -0.142. The Hall–Kier alpha value is -2.98. The van der Waals surface area contributed by atoms with E-state index in [4.69, 9.17) is 4.98 Å². The predicted molar refractivity (Wildman–Crippen MR) is 124 cm³/mol. The molecule has 3 heterocycles. The van der Waals surface area contributed by atoms with Crippen LogP contribution in [0.25, 0.3) is 0 Å². The van der Waals surface area contributed by atoms with Gasteiger partial charge < -0.3 is 15.0 Å². The fourth-order valence-electron chi connectivity index (χ4n) is 4.58. The topological polar surface area (TPSA) is 86.3 Å². The second-order valence-corrected chi connectivity index (χ2v) is 10.0. The third kappa shape index (κ3) is 4.29. The molecule has 6 nitrogen and oxygen atoms in total. The molecular weight excluding hydrogens is 479 g/mol. The van der Waals surface area contributed by atoms with Crippen LogP contribution in [0.1, 0.15) is 64.5 Å². The number of aliphatic hydroxyl groups is 1. The molecule has 1 fully saturated rings. The van der Waals surface area contributed by atoms with E-state index < -0.39 is 23.8 Å². The van der Waals surface area contributed by atoms with Gasteiger partial charge >= 0.3 is 6.18 Å². The molecule has 1 atom stereocenters. The number of rotatable bonds is 5. The van der Waals surface area contributed by atoms with Crippen molar-refractivity contribution in [2.24, 2.45) is 0 Å². The summed E-state index contributed by atoms with van der Waals surface area (Å²) >= 11 is 1.68. The van der Waals surface area contributed by atoms with Gasteiger partial charge in [0.05, 0.1) is 28.8 Å². The maximum absolute atomic E-state index is 13.0. The third-order valence-corrected chi connectivity index (χ3v) is 8.06. The number of aryl methyl sites for hydroxylation is 1. The van der Waals surface area contributed by atoms with Crippen molar-refractivity contribution in [3.8, 4) is 0 Å². The molecule has 1 amide bonds. The summed E-state index contributed by atoms with van der Waals surface area (Å²) in [6, 6.07) is 6.25. The number of hydrogen-bond donors (Lipinski definition) is 2. The van der Waals surface area contributed by atoms with Crippen LogP contribution in [0.5, 0.6) is 0 Å². The summed E-state index contributed by atoms with van der Waals surface area (Å²) in [5.41, 5.74) is 0.556. The molecule has 0 radical (unpaired) electrons. The van der Waals surface area contributed by atoms with Crippen molar-refractivity contribution in [3.63, 3.8) is 0 Å². The van der Waals surface area contributed by atoms with Gasteiger partial charge in [0, 0.05) is 17.8 Å². The van der Waals surface area contributed by atoms with Crippen molar-refractivity contribution in [2.45, 2.75) is 56.8 Å². The molecule has 5 rings (SSSR count). The molecule has 3 aromatic rings. The number of aliphatic hydroxyl groups excluding tert-OH is 1. The van der Waals surface area contributed by atoms with Gasteiger partial charge in [-0.25, -0.2) is 4.98 Å². The molecule has 0 bridgehead atoms. The molecule has 1 aliphatic heterocycles. The van der Waals surface area contributed by atoms with Crippen LogP contribution in [0.15, 0.2) is 40.5 Å². The molecule has 0 spiro atoms. The quantitative estimate of drug-likeness (QED) is 0.549. The number of H-pyrrole nitrogens is 1. The Labute approximate surface area is 203 Å². The molecule has 35 heavy (non-hydrogen) atoms. The molecule has 184 valence electrons. The minimum atomic E-state index is -4.58. The van der Waals surface area contributed by atoms with Crippen molar-refractivity contribution < 1.29 is 23.1 Å². The summed E-state index contributed by atoms with van der Waals surface area (Å²) in [5, 5.41) is 12.6. The molecule has 0 unspecified atom stereocenters. The second-order valence-electron chi connectivity index (χ2n) is 9.13. The minimum absolute atomic E-state index is 0.0568. The molecule has 1 saturated carbocycles. The number of nitrogens with one attached hydrogen (secondary N) is 1. The van der Waals surface area contributed by atoms with E-state index in [9.17, 15) is 27.9 Å². The summed E-state index contributed by atoms with van der Waals surface area (Å²) in [6.45, 7) is 2.25. The Morgan fingerprint density at radius 1 is 1.31 bits per heavy atom. The van der Waals surface area contributed by atoms with Gasteiger partial charge in [0.25, 0.3) is 11.5 Å². The van der Waals surface area contributed by atoms with Gasteiger partial charge in [0.2, 0.25) is 0 Å². The Kier molecular flexibility index (Phi) is 5.83. The zero-order valence-electron chi connectivity index (χ0n) is 19.0. The van der Waals surface area contributed by atoms with E-state index in [1.54, 1.807) is 11.3 Å². The van der Waals surface area contributed by atoms with Crippen LogP contribution in [-0.2, 0) is 35.8 Å². The Morgan fingerprint density at radius 2 is 2.09 bits per heavy atom. The van der Waals surface area contributed by atoms with Crippen LogP contribution < -0.4 is 5.56 Å². The summed E-state index contributed by atoms with van der Waals surface area (Å²) in [5.74, 6) is -0.0997. The number of nitrogens with zero attached hydrogens (tertiary/aromatic N) is 2. The highest BCUT2D eigenvalue weighted by molar-refractivity contribution is 7.10. The molecule has 1 aromatic carbocycles. The second kappa shape index (κ2) is 8.60. The number of thiophene rings is 1. The van der Waals surface area contributed by atoms with Crippen LogP contribution in [0.2, 0.25) is 0 Å². The van der Waals surface area contributed by atoms with Crippen molar-refractivity contribution in [2.75, 3.05) is 6.54 Å². The summed E-state index contributed by atoms with van der Waals surface area (Å²) in [7, 11) is 0. The van der Waals surface area contributed by atoms with Gasteiger partial charge in [-0.2, -0.15) is 13.2 Å². The predicted octanol–water partition coefficient (Wildman–Crippen LogP) is 4.11. The summed E-state index contributed by atoms with van der Waals surface area (Å²) in [6.07, 6.45) is -3.25. The Bertz CT molecular complexity index is 1340. The Morgan fingerprint density at radius 3 is 2.74 bits per heavy atom.